The van der Waals surface area contributed by atoms with Crippen molar-refractivity contribution >= 4 is 16.0 Å². The maximum absolute atomic E-state index is 12.4. The number of hydrogen-bond donors (Lipinski definition) is 2. The number of aryl methyl sites for hydroxylation is 1. The van der Waals surface area contributed by atoms with Crippen LogP contribution in [0.25, 0.3) is 0 Å². The van der Waals surface area contributed by atoms with Gasteiger partial charge in [0.05, 0.1) is 11.5 Å². The van der Waals surface area contributed by atoms with Gasteiger partial charge in [0, 0.05) is 40.8 Å². The summed E-state index contributed by atoms with van der Waals surface area (Å²) < 4.78 is 32.2. The van der Waals surface area contributed by atoms with Crippen molar-refractivity contribution in [1.29, 1.82) is 0 Å². The van der Waals surface area contributed by atoms with Crippen LogP contribution >= 0.6 is 0 Å². The number of guanidine groups is 1. The Labute approximate surface area is 173 Å². The molecule has 0 aromatic heterocycles. The van der Waals surface area contributed by atoms with Crippen LogP contribution in [0.2, 0.25) is 0 Å². The highest BCUT2D eigenvalue weighted by molar-refractivity contribution is 7.89. The zero-order chi connectivity index (χ0) is 21.3. The Hall–Kier alpha value is -2.42. The molecule has 8 heteroatoms. The van der Waals surface area contributed by atoms with Gasteiger partial charge in [-0.2, -0.15) is 0 Å². The number of ether oxygens (including phenoxy) is 1. The number of hydrogen-bond acceptors (Lipinski definition) is 4. The van der Waals surface area contributed by atoms with Crippen LogP contribution in [0.15, 0.2) is 58.4 Å². The molecule has 0 heterocycles. The van der Waals surface area contributed by atoms with Crippen LogP contribution in [-0.4, -0.2) is 53.6 Å². The minimum atomic E-state index is -3.56. The molecule has 0 spiro atoms. The highest BCUT2D eigenvalue weighted by atomic mass is 32.2. The molecule has 0 saturated carbocycles. The third kappa shape index (κ3) is 7.16. The van der Waals surface area contributed by atoms with Gasteiger partial charge in [-0.15, -0.1) is 0 Å². The first-order valence-electron chi connectivity index (χ1n) is 9.40. The molecule has 29 heavy (non-hydrogen) atoms. The van der Waals surface area contributed by atoms with Crippen molar-refractivity contribution in [2.24, 2.45) is 4.99 Å². The van der Waals surface area contributed by atoms with E-state index in [1.165, 1.54) is 18.2 Å². The highest BCUT2D eigenvalue weighted by Gasteiger charge is 2.14. The second-order valence-corrected chi connectivity index (χ2v) is 8.55. The quantitative estimate of drug-likeness (QED) is 0.370. The molecule has 0 aliphatic rings. The molecule has 0 saturated heterocycles. The van der Waals surface area contributed by atoms with Crippen molar-refractivity contribution in [2.75, 3.05) is 34.4 Å². The van der Waals surface area contributed by atoms with Gasteiger partial charge in [-0.1, -0.05) is 42.0 Å². The molecule has 7 nitrogen and oxygen atoms in total. The summed E-state index contributed by atoms with van der Waals surface area (Å²) in [7, 11) is 1.67. The Kier molecular flexibility index (Phi) is 8.63. The molecular weight excluding hydrogens is 388 g/mol. The highest BCUT2D eigenvalue weighted by Crippen LogP contribution is 2.12. The predicted octanol–water partition coefficient (Wildman–Crippen LogP) is 2.13. The smallest absolute Gasteiger partial charge is 0.240 e. The van der Waals surface area contributed by atoms with Crippen LogP contribution in [0.5, 0.6) is 0 Å². The number of benzene rings is 2. The van der Waals surface area contributed by atoms with Crippen LogP contribution in [-0.2, 0) is 27.8 Å². The van der Waals surface area contributed by atoms with E-state index in [0.29, 0.717) is 13.2 Å². The Morgan fingerprint density at radius 3 is 2.52 bits per heavy atom. The average molecular weight is 419 g/mol. The van der Waals surface area contributed by atoms with Crippen LogP contribution in [0.3, 0.4) is 0 Å². The second kappa shape index (κ2) is 10.9. The van der Waals surface area contributed by atoms with E-state index in [1.807, 2.05) is 18.0 Å². The molecule has 0 atom stereocenters. The Bertz CT molecular complexity index is 912. The van der Waals surface area contributed by atoms with Gasteiger partial charge >= 0.3 is 0 Å². The van der Waals surface area contributed by atoms with Crippen molar-refractivity contribution in [1.82, 2.24) is 14.9 Å². The van der Waals surface area contributed by atoms with E-state index in [9.17, 15) is 8.42 Å². The molecule has 2 aromatic carbocycles. The lowest BCUT2D eigenvalue weighted by atomic mass is 10.1. The minimum Gasteiger partial charge on any atom is -0.383 e. The van der Waals surface area contributed by atoms with Crippen molar-refractivity contribution in [3.8, 4) is 0 Å². The molecule has 0 amide bonds. The maximum atomic E-state index is 12.4. The number of nitrogens with one attached hydrogen (secondary N) is 2. The monoisotopic (exact) mass is 418 g/mol. The summed E-state index contributed by atoms with van der Waals surface area (Å²) in [5, 5.41) is 3.29. The van der Waals surface area contributed by atoms with E-state index in [0.717, 1.165) is 18.1 Å². The first-order chi connectivity index (χ1) is 13.9. The van der Waals surface area contributed by atoms with E-state index in [-0.39, 0.29) is 11.4 Å². The Morgan fingerprint density at radius 2 is 1.86 bits per heavy atom. The SMILES string of the molecule is CN=C(NCc1cccc(S(=O)(=O)NCCOC)c1)N(C)Cc1ccc(C)cc1. The summed E-state index contributed by atoms with van der Waals surface area (Å²) in [6, 6.07) is 15.2. The third-order valence-corrected chi connectivity index (χ3v) is 5.83. The lowest BCUT2D eigenvalue weighted by Crippen LogP contribution is -2.38. The lowest BCUT2D eigenvalue weighted by molar-refractivity contribution is 0.204. The number of sulfonamides is 1. The zero-order valence-corrected chi connectivity index (χ0v) is 18.3. The van der Waals surface area contributed by atoms with Crippen LogP contribution in [0, 0.1) is 6.92 Å². The zero-order valence-electron chi connectivity index (χ0n) is 17.5. The molecule has 0 radical (unpaired) electrons. The summed E-state index contributed by atoms with van der Waals surface area (Å²) in [5.74, 6) is 0.733. The van der Waals surface area contributed by atoms with Gasteiger partial charge in [-0.05, 0) is 30.2 Å². The summed E-state index contributed by atoms with van der Waals surface area (Å²) in [4.78, 5) is 6.58. The molecule has 0 bridgehead atoms. The topological polar surface area (TPSA) is 83.0 Å². The van der Waals surface area contributed by atoms with Crippen molar-refractivity contribution in [3.05, 3.63) is 65.2 Å². The first kappa shape index (κ1) is 22.9. The summed E-state index contributed by atoms with van der Waals surface area (Å²) in [5.41, 5.74) is 3.27. The third-order valence-electron chi connectivity index (χ3n) is 4.37. The fraction of sp³-hybridized carbons (Fsp3) is 0.381. The first-order valence-corrected chi connectivity index (χ1v) is 10.9. The largest absolute Gasteiger partial charge is 0.383 e. The normalized spacial score (nSPS) is 12.1. The van der Waals surface area contributed by atoms with Gasteiger partial charge in [-0.25, -0.2) is 13.1 Å². The van der Waals surface area contributed by atoms with Gasteiger partial charge in [0.15, 0.2) is 5.96 Å². The van der Waals surface area contributed by atoms with Gasteiger partial charge in [0.25, 0.3) is 0 Å². The molecule has 158 valence electrons. The van der Waals surface area contributed by atoms with Gasteiger partial charge < -0.3 is 15.0 Å². The summed E-state index contributed by atoms with van der Waals surface area (Å²) in [6.07, 6.45) is 0. The van der Waals surface area contributed by atoms with Gasteiger partial charge in [0.2, 0.25) is 10.0 Å². The predicted molar refractivity (Wildman–Crippen MR) is 116 cm³/mol. The Morgan fingerprint density at radius 1 is 1.14 bits per heavy atom. The second-order valence-electron chi connectivity index (χ2n) is 6.78. The lowest BCUT2D eigenvalue weighted by Gasteiger charge is -2.22. The number of methoxy groups -OCH3 is 1. The van der Waals surface area contributed by atoms with Crippen molar-refractivity contribution < 1.29 is 13.2 Å². The molecule has 2 aromatic rings. The molecule has 2 N–H and O–H groups in total. The van der Waals surface area contributed by atoms with E-state index < -0.39 is 10.0 Å². The van der Waals surface area contributed by atoms with Crippen LogP contribution in [0.4, 0.5) is 0 Å². The standard InChI is InChI=1S/C21H30N4O3S/c1-17-8-10-18(11-9-17)16-25(3)21(22-2)23-15-19-6-5-7-20(14-19)29(26,27)24-12-13-28-4/h5-11,14,24H,12-13,15-16H2,1-4H3,(H,22,23). The number of aliphatic imine (C=N–C) groups is 1. The fourth-order valence-electron chi connectivity index (χ4n) is 2.79. The number of nitrogens with zero attached hydrogens (tertiary/aromatic N) is 2. The Balaban J connectivity index is 1.99. The molecule has 0 unspecified atom stereocenters. The molecule has 2 rings (SSSR count). The van der Waals surface area contributed by atoms with Crippen LogP contribution in [0.1, 0.15) is 16.7 Å². The molecule has 0 fully saturated rings. The van der Waals surface area contributed by atoms with Gasteiger partial charge in [0.1, 0.15) is 0 Å². The van der Waals surface area contributed by atoms with Crippen LogP contribution < -0.4 is 10.0 Å². The van der Waals surface area contributed by atoms with E-state index in [1.54, 1.807) is 25.2 Å². The fourth-order valence-corrected chi connectivity index (χ4v) is 3.88. The summed E-state index contributed by atoms with van der Waals surface area (Å²) >= 11 is 0. The van der Waals surface area contributed by atoms with Crippen molar-refractivity contribution in [2.45, 2.75) is 24.9 Å². The van der Waals surface area contributed by atoms with E-state index in [4.69, 9.17) is 4.74 Å². The van der Waals surface area contributed by atoms with E-state index in [2.05, 4.69) is 46.2 Å². The number of rotatable bonds is 9. The molecule has 0 aliphatic heterocycles. The molecule has 0 aliphatic carbocycles. The molecular formula is C21H30N4O3S. The minimum absolute atomic E-state index is 0.232. The van der Waals surface area contributed by atoms with E-state index >= 15 is 0 Å². The summed E-state index contributed by atoms with van der Waals surface area (Å²) in [6.45, 7) is 3.81. The van der Waals surface area contributed by atoms with Crippen molar-refractivity contribution in [3.63, 3.8) is 0 Å². The average Bonchev–Trinajstić information content (AvgIpc) is 2.70. The maximum Gasteiger partial charge on any atom is 0.240 e. The van der Waals surface area contributed by atoms with Gasteiger partial charge in [-0.3, -0.25) is 4.99 Å².